The van der Waals surface area contributed by atoms with Crippen molar-refractivity contribution in [2.75, 3.05) is 13.1 Å². The zero-order valence-corrected chi connectivity index (χ0v) is 20.3. The first kappa shape index (κ1) is 26.4. The summed E-state index contributed by atoms with van der Waals surface area (Å²) in [5.74, 6) is 0.0576. The Morgan fingerprint density at radius 2 is 1.66 bits per heavy atom. The predicted molar refractivity (Wildman–Crippen MR) is 138 cm³/mol. The number of amides is 1. The van der Waals surface area contributed by atoms with Crippen molar-refractivity contribution in [1.29, 1.82) is 0 Å². The molecule has 5 N–H and O–H groups in total. The summed E-state index contributed by atoms with van der Waals surface area (Å²) in [4.78, 5) is 12.2. The average molecular weight is 477 g/mol. The van der Waals surface area contributed by atoms with Crippen LogP contribution in [-0.4, -0.2) is 40.4 Å². The molecule has 0 spiro atoms. The number of benzene rings is 3. The van der Waals surface area contributed by atoms with Gasteiger partial charge in [0.05, 0.1) is 19.1 Å². The molecule has 186 valence electrons. The molecule has 3 aromatic carbocycles. The lowest BCUT2D eigenvalue weighted by Crippen LogP contribution is -2.32. The lowest BCUT2D eigenvalue weighted by molar-refractivity contribution is -0.120. The van der Waals surface area contributed by atoms with Gasteiger partial charge < -0.3 is 26.0 Å². The summed E-state index contributed by atoms with van der Waals surface area (Å²) in [5.41, 5.74) is 4.47. The van der Waals surface area contributed by atoms with E-state index < -0.39 is 6.10 Å². The van der Waals surface area contributed by atoms with E-state index in [0.717, 1.165) is 30.4 Å². The monoisotopic (exact) mass is 476 g/mol. The molecule has 0 aliphatic heterocycles. The van der Waals surface area contributed by atoms with Crippen molar-refractivity contribution in [3.05, 3.63) is 101 Å². The van der Waals surface area contributed by atoms with Crippen LogP contribution >= 0.6 is 0 Å². The molecule has 0 bridgehead atoms. The third-order valence-electron chi connectivity index (χ3n) is 6.06. The molecule has 3 aromatic rings. The maximum Gasteiger partial charge on any atom is 0.224 e. The number of carbonyl (C=O) groups excluding carboxylic acids is 1. The molecule has 3 rings (SSSR count). The van der Waals surface area contributed by atoms with Crippen LogP contribution in [-0.2, 0) is 30.7 Å². The van der Waals surface area contributed by atoms with Crippen molar-refractivity contribution in [1.82, 2.24) is 10.6 Å². The number of rotatable bonds is 13. The number of hydrogen-bond donors (Lipinski definition) is 5. The van der Waals surface area contributed by atoms with E-state index in [1.807, 2.05) is 42.5 Å². The number of aliphatic hydroxyl groups is 2. The zero-order valence-electron chi connectivity index (χ0n) is 20.3. The largest absolute Gasteiger partial charge is 0.508 e. The third-order valence-corrected chi connectivity index (χ3v) is 6.06. The zero-order chi connectivity index (χ0) is 25.0. The lowest BCUT2D eigenvalue weighted by Gasteiger charge is -2.18. The fourth-order valence-corrected chi connectivity index (χ4v) is 4.00. The quantitative estimate of drug-likeness (QED) is 0.243. The Labute approximate surface area is 207 Å². The summed E-state index contributed by atoms with van der Waals surface area (Å²) < 4.78 is 0. The van der Waals surface area contributed by atoms with Crippen LogP contribution in [0.4, 0.5) is 0 Å². The number of aliphatic hydroxyl groups excluding tert-OH is 2. The molecule has 6 heteroatoms. The summed E-state index contributed by atoms with van der Waals surface area (Å²) in [5, 5.41) is 35.7. The van der Waals surface area contributed by atoms with E-state index in [1.54, 1.807) is 12.1 Å². The van der Waals surface area contributed by atoms with E-state index in [4.69, 9.17) is 0 Å². The first-order valence-corrected chi connectivity index (χ1v) is 12.2. The van der Waals surface area contributed by atoms with E-state index in [-0.39, 0.29) is 24.3 Å². The second-order valence-corrected chi connectivity index (χ2v) is 9.01. The van der Waals surface area contributed by atoms with Gasteiger partial charge in [-0.2, -0.15) is 0 Å². The molecule has 6 nitrogen and oxygen atoms in total. The highest BCUT2D eigenvalue weighted by Crippen LogP contribution is 2.22. The van der Waals surface area contributed by atoms with Crippen LogP contribution in [0.5, 0.6) is 5.75 Å². The second kappa shape index (κ2) is 13.6. The SMILES string of the molecule is CC(Cc1ccc(CC(=O)NCCCc2ccccc2)cc1)NC[C@H](O)c1ccc(O)c(CO)c1. The fourth-order valence-electron chi connectivity index (χ4n) is 4.00. The van der Waals surface area contributed by atoms with Crippen LogP contribution in [0.15, 0.2) is 72.8 Å². The maximum absolute atomic E-state index is 12.2. The van der Waals surface area contributed by atoms with Crippen molar-refractivity contribution >= 4 is 5.91 Å². The van der Waals surface area contributed by atoms with Gasteiger partial charge in [-0.3, -0.25) is 4.79 Å². The molecule has 0 aliphatic carbocycles. The van der Waals surface area contributed by atoms with Crippen molar-refractivity contribution < 1.29 is 20.1 Å². The van der Waals surface area contributed by atoms with E-state index in [1.165, 1.54) is 11.6 Å². The molecule has 35 heavy (non-hydrogen) atoms. The first-order valence-electron chi connectivity index (χ1n) is 12.2. The normalized spacial score (nSPS) is 12.8. The minimum absolute atomic E-state index is 0.0220. The third kappa shape index (κ3) is 8.83. The molecule has 1 unspecified atom stereocenters. The van der Waals surface area contributed by atoms with Crippen LogP contribution in [0.2, 0.25) is 0 Å². The fraction of sp³-hybridized carbons (Fsp3) is 0.345. The highest BCUT2D eigenvalue weighted by molar-refractivity contribution is 5.78. The molecule has 0 aliphatic rings. The topological polar surface area (TPSA) is 102 Å². The molecular weight excluding hydrogens is 440 g/mol. The van der Waals surface area contributed by atoms with Crippen LogP contribution in [0.3, 0.4) is 0 Å². The Balaban J connectivity index is 1.37. The smallest absolute Gasteiger partial charge is 0.224 e. The van der Waals surface area contributed by atoms with Gasteiger partial charge in [-0.15, -0.1) is 0 Å². The number of nitrogens with one attached hydrogen (secondary N) is 2. The van der Waals surface area contributed by atoms with Crippen LogP contribution in [0, 0.1) is 0 Å². The Hall–Kier alpha value is -3.19. The Morgan fingerprint density at radius 1 is 0.943 bits per heavy atom. The summed E-state index contributed by atoms with van der Waals surface area (Å²) in [6.07, 6.45) is 2.29. The Kier molecular flexibility index (Phi) is 10.3. The molecule has 0 aromatic heterocycles. The van der Waals surface area contributed by atoms with Gasteiger partial charge in [-0.25, -0.2) is 0 Å². The molecule has 0 radical (unpaired) electrons. The van der Waals surface area contributed by atoms with Crippen molar-refractivity contribution in [2.45, 2.75) is 51.4 Å². The Morgan fingerprint density at radius 3 is 2.37 bits per heavy atom. The van der Waals surface area contributed by atoms with Crippen molar-refractivity contribution in [2.24, 2.45) is 0 Å². The molecule has 0 heterocycles. The van der Waals surface area contributed by atoms with Crippen LogP contribution in [0.1, 0.15) is 47.3 Å². The number of hydrogen-bond acceptors (Lipinski definition) is 5. The summed E-state index contributed by atoms with van der Waals surface area (Å²) >= 11 is 0. The van der Waals surface area contributed by atoms with Crippen molar-refractivity contribution in [3.8, 4) is 5.75 Å². The second-order valence-electron chi connectivity index (χ2n) is 9.01. The highest BCUT2D eigenvalue weighted by atomic mass is 16.3. The number of aryl methyl sites for hydroxylation is 1. The Bertz CT molecular complexity index is 1050. The molecule has 1 amide bonds. The molecule has 2 atom stereocenters. The minimum atomic E-state index is -0.739. The standard InChI is InChI=1S/C29H36N2O4/c1-21(31-19-28(34)25-13-14-27(33)26(18-25)20-32)16-23-9-11-24(12-10-23)17-29(35)30-15-5-8-22-6-3-2-4-7-22/h2-4,6-7,9-14,18,21,28,31-34H,5,8,15-17,19-20H2,1H3,(H,30,35)/t21?,28-/m0/s1. The number of carbonyl (C=O) groups is 1. The average Bonchev–Trinajstić information content (AvgIpc) is 2.87. The van der Waals surface area contributed by atoms with Crippen LogP contribution in [0.25, 0.3) is 0 Å². The first-order chi connectivity index (χ1) is 16.9. The van der Waals surface area contributed by atoms with E-state index in [2.05, 4.69) is 29.7 Å². The maximum atomic E-state index is 12.2. The van der Waals surface area contributed by atoms with Crippen LogP contribution < -0.4 is 10.6 Å². The summed E-state index contributed by atoms with van der Waals surface area (Å²) in [7, 11) is 0. The predicted octanol–water partition coefficient (Wildman–Crippen LogP) is 3.43. The molecule has 0 fully saturated rings. The lowest BCUT2D eigenvalue weighted by atomic mass is 10.0. The van der Waals surface area contributed by atoms with Crippen molar-refractivity contribution in [3.63, 3.8) is 0 Å². The van der Waals surface area contributed by atoms with Gasteiger partial charge in [0, 0.05) is 24.7 Å². The minimum Gasteiger partial charge on any atom is -0.508 e. The van der Waals surface area contributed by atoms with E-state index in [9.17, 15) is 20.1 Å². The molecule has 0 saturated heterocycles. The highest BCUT2D eigenvalue weighted by Gasteiger charge is 2.12. The van der Waals surface area contributed by atoms with E-state index >= 15 is 0 Å². The summed E-state index contributed by atoms with van der Waals surface area (Å²) in [6, 6.07) is 23.2. The van der Waals surface area contributed by atoms with E-state index in [0.29, 0.717) is 30.6 Å². The summed E-state index contributed by atoms with van der Waals surface area (Å²) in [6.45, 7) is 2.81. The van der Waals surface area contributed by atoms with Gasteiger partial charge in [0.15, 0.2) is 0 Å². The molecular formula is C29H36N2O4. The number of aromatic hydroxyl groups is 1. The van der Waals surface area contributed by atoms with Gasteiger partial charge in [-0.05, 0) is 60.6 Å². The number of phenols is 1. The van der Waals surface area contributed by atoms with Gasteiger partial charge in [0.2, 0.25) is 5.91 Å². The van der Waals surface area contributed by atoms with Gasteiger partial charge in [0.25, 0.3) is 0 Å². The molecule has 0 saturated carbocycles. The van der Waals surface area contributed by atoms with Gasteiger partial charge in [-0.1, -0.05) is 60.7 Å². The van der Waals surface area contributed by atoms with Gasteiger partial charge >= 0.3 is 0 Å². The van der Waals surface area contributed by atoms with Gasteiger partial charge in [0.1, 0.15) is 5.75 Å².